The van der Waals surface area contributed by atoms with Gasteiger partial charge in [-0.2, -0.15) is 0 Å². The molecule has 0 aromatic carbocycles. The number of thiophene rings is 1. The molecular formula is C20H30N4O2S. The smallest absolute Gasteiger partial charge is 0.410 e. The molecule has 2 aromatic heterocycles. The number of carbonyl (C=O) groups excluding carboxylic acids is 1. The first-order valence-corrected chi connectivity index (χ1v) is 10.5. The van der Waals surface area contributed by atoms with Crippen LogP contribution in [0.4, 0.5) is 10.6 Å². The molecular weight excluding hydrogens is 360 g/mol. The molecule has 0 N–H and O–H groups in total. The first-order valence-electron chi connectivity index (χ1n) is 9.71. The van der Waals surface area contributed by atoms with Crippen LogP contribution in [0, 0.1) is 0 Å². The van der Waals surface area contributed by atoms with Crippen LogP contribution in [0.2, 0.25) is 0 Å². The lowest BCUT2D eigenvalue weighted by atomic mass is 10.2. The van der Waals surface area contributed by atoms with Crippen LogP contribution in [0.3, 0.4) is 0 Å². The summed E-state index contributed by atoms with van der Waals surface area (Å²) in [7, 11) is 0. The van der Waals surface area contributed by atoms with Gasteiger partial charge in [-0.15, -0.1) is 11.3 Å². The lowest BCUT2D eigenvalue weighted by Gasteiger charge is -2.36. The van der Waals surface area contributed by atoms with E-state index in [0.29, 0.717) is 13.1 Å². The zero-order chi connectivity index (χ0) is 19.8. The van der Waals surface area contributed by atoms with E-state index in [9.17, 15) is 4.79 Å². The van der Waals surface area contributed by atoms with Crippen molar-refractivity contribution in [2.24, 2.45) is 0 Å². The Labute approximate surface area is 165 Å². The van der Waals surface area contributed by atoms with Gasteiger partial charge >= 0.3 is 6.09 Å². The summed E-state index contributed by atoms with van der Waals surface area (Å²) >= 11 is 1.76. The molecule has 0 unspecified atom stereocenters. The van der Waals surface area contributed by atoms with Crippen molar-refractivity contribution < 1.29 is 9.53 Å². The van der Waals surface area contributed by atoms with Crippen LogP contribution >= 0.6 is 11.3 Å². The monoisotopic (exact) mass is 390 g/mol. The summed E-state index contributed by atoms with van der Waals surface area (Å²) in [5, 5.41) is 1.13. The Morgan fingerprint density at radius 2 is 1.89 bits per heavy atom. The number of fused-ring (bicyclic) bond motifs is 1. The van der Waals surface area contributed by atoms with Crippen molar-refractivity contribution in [1.29, 1.82) is 0 Å². The van der Waals surface area contributed by atoms with Crippen molar-refractivity contribution in [2.45, 2.75) is 59.5 Å². The third kappa shape index (κ3) is 4.51. The number of nitrogens with zero attached hydrogens (tertiary/aromatic N) is 4. The Kier molecular flexibility index (Phi) is 5.60. The van der Waals surface area contributed by atoms with Gasteiger partial charge in [0.05, 0.1) is 5.39 Å². The molecule has 1 amide bonds. The lowest BCUT2D eigenvalue weighted by Crippen LogP contribution is -2.50. The maximum atomic E-state index is 12.3. The topological polar surface area (TPSA) is 58.6 Å². The molecule has 0 aliphatic carbocycles. The molecule has 0 saturated carbocycles. The standard InChI is InChI=1S/C20H30N4O2S/c1-7-14-12-15-17(21-16(13(2)3)22-18(15)27-14)23-8-10-24(11-9-23)19(25)26-20(4,5)6/h12-13H,7-11H2,1-6H3. The summed E-state index contributed by atoms with van der Waals surface area (Å²) in [4.78, 5) is 28.4. The highest BCUT2D eigenvalue weighted by Crippen LogP contribution is 2.33. The fourth-order valence-corrected chi connectivity index (χ4v) is 4.04. The van der Waals surface area contributed by atoms with E-state index >= 15 is 0 Å². The van der Waals surface area contributed by atoms with Crippen molar-refractivity contribution in [3.63, 3.8) is 0 Å². The van der Waals surface area contributed by atoms with Crippen LogP contribution in [0.1, 0.15) is 58.2 Å². The van der Waals surface area contributed by atoms with Crippen LogP contribution in [-0.2, 0) is 11.2 Å². The summed E-state index contributed by atoms with van der Waals surface area (Å²) in [6.45, 7) is 14.9. The van der Waals surface area contributed by atoms with E-state index in [-0.39, 0.29) is 12.0 Å². The highest BCUT2D eigenvalue weighted by atomic mass is 32.1. The maximum absolute atomic E-state index is 12.3. The molecule has 7 heteroatoms. The maximum Gasteiger partial charge on any atom is 0.410 e. The molecule has 1 aliphatic heterocycles. The van der Waals surface area contributed by atoms with E-state index in [4.69, 9.17) is 14.7 Å². The molecule has 3 rings (SSSR count). The Balaban J connectivity index is 1.82. The van der Waals surface area contributed by atoms with Gasteiger partial charge in [0.2, 0.25) is 0 Å². The summed E-state index contributed by atoms with van der Waals surface area (Å²) < 4.78 is 5.50. The molecule has 0 atom stereocenters. The number of anilines is 1. The van der Waals surface area contributed by atoms with Crippen LogP contribution in [-0.4, -0.2) is 52.7 Å². The van der Waals surface area contributed by atoms with E-state index in [0.717, 1.165) is 41.4 Å². The Morgan fingerprint density at radius 3 is 2.44 bits per heavy atom. The minimum Gasteiger partial charge on any atom is -0.444 e. The highest BCUT2D eigenvalue weighted by Gasteiger charge is 2.27. The molecule has 0 spiro atoms. The first-order chi connectivity index (χ1) is 12.7. The zero-order valence-electron chi connectivity index (χ0n) is 17.2. The molecule has 1 fully saturated rings. The molecule has 2 aromatic rings. The van der Waals surface area contributed by atoms with Gasteiger partial charge in [-0.3, -0.25) is 0 Å². The van der Waals surface area contributed by atoms with Crippen LogP contribution < -0.4 is 4.90 Å². The molecule has 0 radical (unpaired) electrons. The number of ether oxygens (including phenoxy) is 1. The van der Waals surface area contributed by atoms with Crippen LogP contribution in [0.5, 0.6) is 0 Å². The second-order valence-corrected chi connectivity index (χ2v) is 9.41. The molecule has 3 heterocycles. The summed E-state index contributed by atoms with van der Waals surface area (Å²) in [6, 6.07) is 2.22. The fraction of sp³-hybridized carbons (Fsp3) is 0.650. The van der Waals surface area contributed by atoms with E-state index < -0.39 is 5.60 Å². The number of aromatic nitrogens is 2. The number of aryl methyl sites for hydroxylation is 1. The first kappa shape index (κ1) is 19.9. The van der Waals surface area contributed by atoms with Crippen molar-refractivity contribution in [2.75, 3.05) is 31.1 Å². The highest BCUT2D eigenvalue weighted by molar-refractivity contribution is 7.18. The predicted molar refractivity (Wildman–Crippen MR) is 111 cm³/mol. The number of amides is 1. The van der Waals surface area contributed by atoms with Gasteiger partial charge in [-0.25, -0.2) is 14.8 Å². The predicted octanol–water partition coefficient (Wildman–Crippen LogP) is 4.43. The van der Waals surface area contributed by atoms with E-state index in [1.165, 1.54) is 4.88 Å². The minimum atomic E-state index is -0.466. The van der Waals surface area contributed by atoms with E-state index in [1.807, 2.05) is 20.8 Å². The van der Waals surface area contributed by atoms with Crippen molar-refractivity contribution in [1.82, 2.24) is 14.9 Å². The van der Waals surface area contributed by atoms with Crippen molar-refractivity contribution >= 4 is 33.5 Å². The Hall–Kier alpha value is -1.89. The van der Waals surface area contributed by atoms with Crippen molar-refractivity contribution in [3.05, 3.63) is 16.8 Å². The molecule has 1 saturated heterocycles. The van der Waals surface area contributed by atoms with Crippen LogP contribution in [0.15, 0.2) is 6.07 Å². The van der Waals surface area contributed by atoms with Gasteiger partial charge in [0.15, 0.2) is 0 Å². The van der Waals surface area contributed by atoms with Gasteiger partial charge in [-0.1, -0.05) is 20.8 Å². The molecule has 27 heavy (non-hydrogen) atoms. The number of piperazine rings is 1. The summed E-state index contributed by atoms with van der Waals surface area (Å²) in [6.07, 6.45) is 0.769. The SMILES string of the molecule is CCc1cc2c(N3CCN(C(=O)OC(C)(C)C)CC3)nc(C(C)C)nc2s1. The molecule has 6 nitrogen and oxygen atoms in total. The molecule has 1 aliphatic rings. The fourth-order valence-electron chi connectivity index (χ4n) is 3.07. The van der Waals surface area contributed by atoms with Gasteiger partial charge < -0.3 is 14.5 Å². The van der Waals surface area contributed by atoms with Gasteiger partial charge in [0, 0.05) is 37.0 Å². The molecule has 0 bridgehead atoms. The third-order valence-electron chi connectivity index (χ3n) is 4.54. The van der Waals surface area contributed by atoms with Gasteiger partial charge in [0.25, 0.3) is 0 Å². The van der Waals surface area contributed by atoms with Crippen molar-refractivity contribution in [3.8, 4) is 0 Å². The Morgan fingerprint density at radius 1 is 1.22 bits per heavy atom. The minimum absolute atomic E-state index is 0.235. The summed E-state index contributed by atoms with van der Waals surface area (Å²) in [5.74, 6) is 2.17. The number of hydrogen-bond donors (Lipinski definition) is 0. The van der Waals surface area contributed by atoms with Crippen LogP contribution in [0.25, 0.3) is 10.2 Å². The quantitative estimate of drug-likeness (QED) is 0.776. The second-order valence-electron chi connectivity index (χ2n) is 8.30. The third-order valence-corrected chi connectivity index (χ3v) is 5.71. The zero-order valence-corrected chi connectivity index (χ0v) is 18.0. The Bertz CT molecular complexity index is 817. The number of rotatable bonds is 3. The summed E-state index contributed by atoms with van der Waals surface area (Å²) in [5.41, 5.74) is -0.466. The second kappa shape index (κ2) is 7.62. The average molecular weight is 391 g/mol. The van der Waals surface area contributed by atoms with Gasteiger partial charge in [0.1, 0.15) is 22.1 Å². The normalized spacial score (nSPS) is 15.7. The number of carbonyl (C=O) groups is 1. The largest absolute Gasteiger partial charge is 0.444 e. The number of hydrogen-bond acceptors (Lipinski definition) is 6. The molecule has 148 valence electrons. The van der Waals surface area contributed by atoms with E-state index in [2.05, 4.69) is 31.7 Å². The average Bonchev–Trinajstić information content (AvgIpc) is 3.02. The van der Waals surface area contributed by atoms with E-state index in [1.54, 1.807) is 16.2 Å². The van der Waals surface area contributed by atoms with Gasteiger partial charge in [-0.05, 0) is 33.3 Å². The lowest BCUT2D eigenvalue weighted by molar-refractivity contribution is 0.0240.